The molecule has 1 aliphatic carbocycles. The van der Waals surface area contributed by atoms with E-state index in [0.29, 0.717) is 5.69 Å². The number of carbonyl (C=O) groups excluding carboxylic acids is 1. The molecule has 0 radical (unpaired) electrons. The number of nitrogens with one attached hydrogen (secondary N) is 2. The molecule has 0 saturated carbocycles. The lowest BCUT2D eigenvalue weighted by Gasteiger charge is -2.06. The first-order chi connectivity index (χ1) is 13.7. The summed E-state index contributed by atoms with van der Waals surface area (Å²) < 4.78 is 0. The molecule has 6 heteroatoms. The summed E-state index contributed by atoms with van der Waals surface area (Å²) in [5.74, 6) is -0.310. The van der Waals surface area contributed by atoms with E-state index >= 15 is 0 Å². The molecule has 2 heterocycles. The Balaban J connectivity index is 1.41. The third-order valence-electron chi connectivity index (χ3n) is 5.22. The van der Waals surface area contributed by atoms with Gasteiger partial charge in [-0.15, -0.1) is 11.3 Å². The zero-order valence-electron chi connectivity index (χ0n) is 15.3. The number of amides is 1. The number of carbonyl (C=O) groups is 1. The second kappa shape index (κ2) is 6.73. The first kappa shape index (κ1) is 16.9. The number of aromatic amines is 1. The molecule has 0 aliphatic heterocycles. The maximum Gasteiger partial charge on any atom is 0.289 e. The van der Waals surface area contributed by atoms with Gasteiger partial charge in [-0.3, -0.25) is 9.89 Å². The second-order valence-corrected chi connectivity index (χ2v) is 7.89. The molecule has 0 atom stereocenters. The van der Waals surface area contributed by atoms with Gasteiger partial charge in [0.15, 0.2) is 0 Å². The van der Waals surface area contributed by atoms with Gasteiger partial charge in [-0.2, -0.15) is 10.2 Å². The van der Waals surface area contributed by atoms with E-state index in [1.54, 1.807) is 23.6 Å². The summed E-state index contributed by atoms with van der Waals surface area (Å²) >= 11 is 1.59. The Hall–Kier alpha value is -3.25. The SMILES string of the molecule is Cc1ccsc1/C=N/NC(=O)c1cc(-c2ccc3c4c(cccc24)CC3)n[nH]1. The number of hydrogen-bond donors (Lipinski definition) is 2. The Kier molecular flexibility index (Phi) is 4.06. The zero-order chi connectivity index (χ0) is 19.1. The topological polar surface area (TPSA) is 70.1 Å². The van der Waals surface area contributed by atoms with Crippen LogP contribution >= 0.6 is 11.3 Å². The molecular formula is C22H18N4OS. The molecule has 5 rings (SSSR count). The first-order valence-electron chi connectivity index (χ1n) is 9.17. The van der Waals surface area contributed by atoms with Crippen molar-refractivity contribution in [1.29, 1.82) is 0 Å². The van der Waals surface area contributed by atoms with Crippen LogP contribution in [0.15, 0.2) is 52.9 Å². The minimum atomic E-state index is -0.310. The van der Waals surface area contributed by atoms with E-state index in [0.717, 1.165) is 34.5 Å². The van der Waals surface area contributed by atoms with E-state index in [1.807, 2.05) is 18.4 Å². The molecule has 2 aromatic heterocycles. The summed E-state index contributed by atoms with van der Waals surface area (Å²) in [5, 5.41) is 15.8. The van der Waals surface area contributed by atoms with Crippen molar-refractivity contribution in [2.24, 2.45) is 5.10 Å². The van der Waals surface area contributed by atoms with Gasteiger partial charge in [0, 0.05) is 10.4 Å². The van der Waals surface area contributed by atoms with Crippen LogP contribution < -0.4 is 5.43 Å². The van der Waals surface area contributed by atoms with Crippen LogP contribution in [0.25, 0.3) is 22.0 Å². The van der Waals surface area contributed by atoms with Crippen LogP contribution in [0.2, 0.25) is 0 Å². The monoisotopic (exact) mass is 386 g/mol. The molecule has 5 nitrogen and oxygen atoms in total. The molecular weight excluding hydrogens is 368 g/mol. The molecule has 2 N–H and O–H groups in total. The highest BCUT2D eigenvalue weighted by atomic mass is 32.1. The summed E-state index contributed by atoms with van der Waals surface area (Å²) in [4.78, 5) is 13.4. The van der Waals surface area contributed by atoms with Crippen molar-refractivity contribution in [3.63, 3.8) is 0 Å². The minimum Gasteiger partial charge on any atom is -0.272 e. The number of thiophene rings is 1. The number of aryl methyl sites for hydroxylation is 3. The van der Waals surface area contributed by atoms with Gasteiger partial charge in [0.05, 0.1) is 11.9 Å². The quantitative estimate of drug-likeness (QED) is 0.401. The molecule has 1 aliphatic rings. The summed E-state index contributed by atoms with van der Waals surface area (Å²) in [6.45, 7) is 2.01. The molecule has 138 valence electrons. The van der Waals surface area contributed by atoms with Crippen molar-refractivity contribution >= 4 is 34.2 Å². The maximum atomic E-state index is 12.4. The number of benzene rings is 2. The van der Waals surface area contributed by atoms with Gasteiger partial charge in [0.2, 0.25) is 0 Å². The zero-order valence-corrected chi connectivity index (χ0v) is 16.1. The van der Waals surface area contributed by atoms with Crippen LogP contribution in [0.5, 0.6) is 0 Å². The van der Waals surface area contributed by atoms with E-state index in [9.17, 15) is 4.79 Å². The average Bonchev–Trinajstić information content (AvgIpc) is 3.44. The highest BCUT2D eigenvalue weighted by Crippen LogP contribution is 2.36. The normalized spacial score (nSPS) is 12.9. The van der Waals surface area contributed by atoms with E-state index < -0.39 is 0 Å². The predicted molar refractivity (Wildman–Crippen MR) is 113 cm³/mol. The van der Waals surface area contributed by atoms with Crippen molar-refractivity contribution in [2.75, 3.05) is 0 Å². The molecule has 0 saturated heterocycles. The van der Waals surface area contributed by atoms with Crippen molar-refractivity contribution < 1.29 is 4.79 Å². The largest absolute Gasteiger partial charge is 0.289 e. The predicted octanol–water partition coefficient (Wildman–Crippen LogP) is 4.46. The van der Waals surface area contributed by atoms with E-state index in [1.165, 1.54) is 21.9 Å². The van der Waals surface area contributed by atoms with Crippen molar-refractivity contribution in [2.45, 2.75) is 19.8 Å². The summed E-state index contributed by atoms with van der Waals surface area (Å²) in [7, 11) is 0. The van der Waals surface area contributed by atoms with Crippen molar-refractivity contribution in [1.82, 2.24) is 15.6 Å². The van der Waals surface area contributed by atoms with Crippen LogP contribution in [0, 0.1) is 6.92 Å². The van der Waals surface area contributed by atoms with Crippen molar-refractivity contribution in [3.05, 3.63) is 75.1 Å². The molecule has 0 unspecified atom stereocenters. The molecule has 4 aromatic rings. The fraction of sp³-hybridized carbons (Fsp3) is 0.136. The van der Waals surface area contributed by atoms with E-state index in [-0.39, 0.29) is 5.91 Å². The Morgan fingerprint density at radius 3 is 2.89 bits per heavy atom. The Morgan fingerprint density at radius 2 is 2.07 bits per heavy atom. The third kappa shape index (κ3) is 2.82. The van der Waals surface area contributed by atoms with Crippen LogP contribution in [0.1, 0.15) is 32.1 Å². The maximum absolute atomic E-state index is 12.4. The number of rotatable bonds is 4. The lowest BCUT2D eigenvalue weighted by molar-refractivity contribution is 0.0950. The van der Waals surface area contributed by atoms with E-state index in [4.69, 9.17) is 0 Å². The average molecular weight is 386 g/mol. The van der Waals surface area contributed by atoms with Crippen LogP contribution in [0.4, 0.5) is 0 Å². The van der Waals surface area contributed by atoms with Gasteiger partial charge >= 0.3 is 0 Å². The summed E-state index contributed by atoms with van der Waals surface area (Å²) in [6, 6.07) is 14.5. The van der Waals surface area contributed by atoms with Crippen LogP contribution in [0.3, 0.4) is 0 Å². The Bertz CT molecular complexity index is 1220. The molecule has 1 amide bonds. The third-order valence-corrected chi connectivity index (χ3v) is 6.18. The van der Waals surface area contributed by atoms with Crippen LogP contribution in [-0.4, -0.2) is 22.3 Å². The fourth-order valence-corrected chi connectivity index (χ4v) is 4.56. The smallest absolute Gasteiger partial charge is 0.272 e. The molecule has 0 bridgehead atoms. The highest BCUT2D eigenvalue weighted by molar-refractivity contribution is 7.11. The number of aromatic nitrogens is 2. The van der Waals surface area contributed by atoms with Gasteiger partial charge < -0.3 is 0 Å². The van der Waals surface area contributed by atoms with E-state index in [2.05, 4.69) is 51.1 Å². The number of H-pyrrole nitrogens is 1. The van der Waals surface area contributed by atoms with Gasteiger partial charge in [-0.1, -0.05) is 30.3 Å². The Morgan fingerprint density at radius 1 is 1.21 bits per heavy atom. The minimum absolute atomic E-state index is 0.310. The molecule has 28 heavy (non-hydrogen) atoms. The van der Waals surface area contributed by atoms with Gasteiger partial charge in [0.1, 0.15) is 5.69 Å². The molecule has 0 spiro atoms. The first-order valence-corrected chi connectivity index (χ1v) is 10.1. The number of nitrogens with zero attached hydrogens (tertiary/aromatic N) is 2. The second-order valence-electron chi connectivity index (χ2n) is 6.95. The van der Waals surface area contributed by atoms with Crippen molar-refractivity contribution in [3.8, 4) is 11.3 Å². The van der Waals surface area contributed by atoms with Crippen LogP contribution in [-0.2, 0) is 12.8 Å². The fourth-order valence-electron chi connectivity index (χ4n) is 3.77. The Labute approximate surface area is 166 Å². The molecule has 2 aromatic carbocycles. The van der Waals surface area contributed by atoms with Gasteiger partial charge in [0.25, 0.3) is 5.91 Å². The van der Waals surface area contributed by atoms with Gasteiger partial charge in [-0.25, -0.2) is 5.43 Å². The molecule has 0 fully saturated rings. The lowest BCUT2D eigenvalue weighted by Crippen LogP contribution is -2.17. The summed E-state index contributed by atoms with van der Waals surface area (Å²) in [6.07, 6.45) is 3.84. The summed E-state index contributed by atoms with van der Waals surface area (Å²) in [5.41, 5.74) is 8.67. The highest BCUT2D eigenvalue weighted by Gasteiger charge is 2.18. The lowest BCUT2D eigenvalue weighted by atomic mass is 9.98. The number of hydrogen-bond acceptors (Lipinski definition) is 4. The van der Waals surface area contributed by atoms with Gasteiger partial charge in [-0.05, 0) is 64.7 Å². The number of hydrazone groups is 1. The standard InChI is InChI=1S/C22H18N4OS/c1-13-9-10-28-20(13)12-23-26-22(27)19-11-18(24-25-19)16-8-7-15-6-5-14-3-2-4-17(16)21(14)15/h2-4,7-12H,5-6H2,1H3,(H,24,25)(H,26,27)/b23-12+.